The van der Waals surface area contributed by atoms with Crippen LogP contribution in [-0.2, 0) is 5.54 Å². The second-order valence-corrected chi connectivity index (χ2v) is 5.69. The molecule has 0 bridgehead atoms. The van der Waals surface area contributed by atoms with E-state index in [0.717, 1.165) is 36.3 Å². The Kier molecular flexibility index (Phi) is 4.03. The topological polar surface area (TPSA) is 47.9 Å². The normalized spacial score (nSPS) is 24.3. The molecule has 0 amide bonds. The predicted molar refractivity (Wildman–Crippen MR) is 79.3 cm³/mol. The maximum absolute atomic E-state index is 13.6. The van der Waals surface area contributed by atoms with Gasteiger partial charge in [-0.15, -0.1) is 0 Å². The molecule has 1 unspecified atom stereocenters. The third-order valence-corrected chi connectivity index (χ3v) is 4.29. The van der Waals surface area contributed by atoms with Crippen molar-refractivity contribution in [2.75, 3.05) is 0 Å². The van der Waals surface area contributed by atoms with Crippen LogP contribution in [0.4, 0.5) is 4.39 Å². The lowest BCUT2D eigenvalue weighted by Crippen LogP contribution is -2.53. The summed E-state index contributed by atoms with van der Waals surface area (Å²) in [5.74, 6) is -0.229. The fourth-order valence-electron chi connectivity index (χ4n) is 3.22. The Labute approximate surface area is 123 Å². The van der Waals surface area contributed by atoms with Crippen LogP contribution < -0.4 is 5.32 Å². The number of benzene rings is 1. The van der Waals surface area contributed by atoms with Crippen molar-refractivity contribution in [3.8, 4) is 0 Å². The molecule has 2 aliphatic rings. The average Bonchev–Trinajstić information content (AvgIpc) is 2.51. The zero-order valence-corrected chi connectivity index (χ0v) is 11.9. The Balaban J connectivity index is 1.90. The lowest BCUT2D eigenvalue weighted by Gasteiger charge is -2.42. The van der Waals surface area contributed by atoms with E-state index in [1.165, 1.54) is 12.5 Å². The van der Waals surface area contributed by atoms with Crippen LogP contribution in [0.3, 0.4) is 0 Å². The van der Waals surface area contributed by atoms with E-state index in [-0.39, 0.29) is 11.4 Å². The van der Waals surface area contributed by atoms with Gasteiger partial charge in [-0.1, -0.05) is 31.4 Å². The van der Waals surface area contributed by atoms with Gasteiger partial charge >= 0.3 is 0 Å². The highest BCUT2D eigenvalue weighted by Crippen LogP contribution is 2.38. The molecule has 1 saturated carbocycles. The summed E-state index contributed by atoms with van der Waals surface area (Å²) in [7, 11) is 0. The van der Waals surface area contributed by atoms with E-state index in [1.807, 2.05) is 6.07 Å². The molecule has 112 valence electrons. The van der Waals surface area contributed by atoms with Crippen molar-refractivity contribution >= 4 is 6.21 Å². The van der Waals surface area contributed by atoms with E-state index in [1.54, 1.807) is 30.6 Å². The first kappa shape index (κ1) is 14.2. The molecule has 21 heavy (non-hydrogen) atoms. The third kappa shape index (κ3) is 2.99. The van der Waals surface area contributed by atoms with Gasteiger partial charge < -0.3 is 0 Å². The number of rotatable bonds is 3. The summed E-state index contributed by atoms with van der Waals surface area (Å²) in [6.45, 7) is 0. The molecular formula is C16H20FN3O. The van der Waals surface area contributed by atoms with Crippen molar-refractivity contribution in [1.82, 2.24) is 10.4 Å². The van der Waals surface area contributed by atoms with Crippen molar-refractivity contribution in [1.29, 1.82) is 0 Å². The van der Waals surface area contributed by atoms with E-state index in [4.69, 9.17) is 0 Å². The minimum atomic E-state index is -0.531. The largest absolute Gasteiger partial charge is 0.286 e. The number of halogens is 1. The smallest absolute Gasteiger partial charge is 0.199 e. The van der Waals surface area contributed by atoms with Crippen LogP contribution in [0.2, 0.25) is 0 Å². The number of hydrogen-bond acceptors (Lipinski definition) is 4. The molecule has 1 fully saturated rings. The number of hydroxylamine groups is 2. The highest BCUT2D eigenvalue weighted by molar-refractivity contribution is 5.71. The molecule has 3 rings (SSSR count). The Morgan fingerprint density at radius 3 is 2.81 bits per heavy atom. The van der Waals surface area contributed by atoms with E-state index in [2.05, 4.69) is 10.3 Å². The lowest BCUT2D eigenvalue weighted by atomic mass is 9.76. The van der Waals surface area contributed by atoms with Gasteiger partial charge in [0, 0.05) is 18.0 Å². The summed E-state index contributed by atoms with van der Waals surface area (Å²) in [4.78, 5) is 4.26. The molecule has 1 atom stereocenters. The molecule has 0 spiro atoms. The molecule has 0 saturated heterocycles. The Hall–Kier alpha value is -1.72. The molecule has 1 aromatic rings. The number of nitrogens with zero attached hydrogens (tertiary/aromatic N) is 2. The maximum Gasteiger partial charge on any atom is 0.199 e. The van der Waals surface area contributed by atoms with Gasteiger partial charge in [-0.25, -0.2) is 9.45 Å². The summed E-state index contributed by atoms with van der Waals surface area (Å²) in [6, 6.07) is 6.73. The molecule has 2 N–H and O–H groups in total. The molecular weight excluding hydrogens is 269 g/mol. The highest BCUT2D eigenvalue weighted by atomic mass is 19.1. The standard InChI is InChI=1S/C16H20FN3O/c17-14-7-4-6-13(12-14)16(8-2-1-3-9-16)19-15-18-10-5-11-20(15)21/h4-7,10-12,15,19,21H,1-3,8-9H2. The van der Waals surface area contributed by atoms with E-state index in [0.29, 0.717) is 0 Å². The highest BCUT2D eigenvalue weighted by Gasteiger charge is 2.37. The van der Waals surface area contributed by atoms with Crippen LogP contribution in [0.15, 0.2) is 41.5 Å². The Morgan fingerprint density at radius 2 is 2.10 bits per heavy atom. The van der Waals surface area contributed by atoms with Crippen LogP contribution in [0, 0.1) is 5.82 Å². The van der Waals surface area contributed by atoms with Gasteiger partial charge in [-0.3, -0.25) is 15.5 Å². The summed E-state index contributed by atoms with van der Waals surface area (Å²) < 4.78 is 13.6. The first-order valence-electron chi connectivity index (χ1n) is 7.41. The van der Waals surface area contributed by atoms with Crippen LogP contribution in [0.1, 0.15) is 37.7 Å². The molecule has 5 heteroatoms. The van der Waals surface area contributed by atoms with Crippen LogP contribution in [-0.4, -0.2) is 22.8 Å². The monoisotopic (exact) mass is 289 g/mol. The minimum Gasteiger partial charge on any atom is -0.286 e. The third-order valence-electron chi connectivity index (χ3n) is 4.29. The average molecular weight is 289 g/mol. The quantitative estimate of drug-likeness (QED) is 0.898. The Morgan fingerprint density at radius 1 is 1.29 bits per heavy atom. The second-order valence-electron chi connectivity index (χ2n) is 5.69. The van der Waals surface area contributed by atoms with Gasteiger partial charge in [0.1, 0.15) is 5.82 Å². The van der Waals surface area contributed by atoms with Gasteiger partial charge in [0.05, 0.1) is 0 Å². The maximum atomic E-state index is 13.6. The lowest BCUT2D eigenvalue weighted by molar-refractivity contribution is -0.0989. The molecule has 1 aromatic carbocycles. The van der Waals surface area contributed by atoms with E-state index < -0.39 is 6.29 Å². The number of allylic oxidation sites excluding steroid dienone is 1. The number of aliphatic imine (C=N–C) groups is 1. The number of hydrogen-bond donors (Lipinski definition) is 2. The van der Waals surface area contributed by atoms with E-state index in [9.17, 15) is 9.60 Å². The summed E-state index contributed by atoms with van der Waals surface area (Å²) >= 11 is 0. The second kappa shape index (κ2) is 5.95. The zero-order valence-electron chi connectivity index (χ0n) is 11.9. The predicted octanol–water partition coefficient (Wildman–Crippen LogP) is 3.15. The molecule has 0 aromatic heterocycles. The van der Waals surface area contributed by atoms with Crippen molar-refractivity contribution in [2.24, 2.45) is 4.99 Å². The zero-order chi connectivity index (χ0) is 14.7. The fraction of sp³-hybridized carbons (Fsp3) is 0.438. The molecule has 1 aliphatic carbocycles. The van der Waals surface area contributed by atoms with Gasteiger partial charge in [0.2, 0.25) is 0 Å². The molecule has 1 heterocycles. The van der Waals surface area contributed by atoms with Crippen LogP contribution in [0.5, 0.6) is 0 Å². The van der Waals surface area contributed by atoms with E-state index >= 15 is 0 Å². The van der Waals surface area contributed by atoms with Crippen LogP contribution in [0.25, 0.3) is 0 Å². The van der Waals surface area contributed by atoms with Crippen molar-refractivity contribution in [2.45, 2.75) is 43.9 Å². The van der Waals surface area contributed by atoms with Gasteiger partial charge in [-0.2, -0.15) is 0 Å². The summed E-state index contributed by atoms with van der Waals surface area (Å²) in [6.07, 6.45) is 9.56. The molecule has 1 aliphatic heterocycles. The minimum absolute atomic E-state index is 0.229. The SMILES string of the molecule is ON1C=CC=NC1NC1(c2cccc(F)c2)CCCCC1. The molecule has 0 radical (unpaired) electrons. The first-order chi connectivity index (χ1) is 10.2. The molecule has 4 nitrogen and oxygen atoms in total. The summed E-state index contributed by atoms with van der Waals surface area (Å²) in [5.41, 5.74) is 0.592. The van der Waals surface area contributed by atoms with Crippen LogP contribution >= 0.6 is 0 Å². The fourth-order valence-corrected chi connectivity index (χ4v) is 3.22. The summed E-state index contributed by atoms with van der Waals surface area (Å²) in [5, 5.41) is 14.4. The first-order valence-corrected chi connectivity index (χ1v) is 7.41. The van der Waals surface area contributed by atoms with Crippen molar-refractivity contribution < 1.29 is 9.60 Å². The Bertz CT molecular complexity index is 552. The van der Waals surface area contributed by atoms with Gasteiger partial charge in [0.25, 0.3) is 0 Å². The van der Waals surface area contributed by atoms with Crippen molar-refractivity contribution in [3.63, 3.8) is 0 Å². The number of nitrogens with one attached hydrogen (secondary N) is 1. The van der Waals surface area contributed by atoms with Crippen molar-refractivity contribution in [3.05, 3.63) is 47.9 Å². The van der Waals surface area contributed by atoms with Gasteiger partial charge in [-0.05, 0) is 36.6 Å². The van der Waals surface area contributed by atoms with Gasteiger partial charge in [0.15, 0.2) is 6.29 Å².